The van der Waals surface area contributed by atoms with Gasteiger partial charge in [-0.1, -0.05) is 6.92 Å². The van der Waals surface area contributed by atoms with Gasteiger partial charge in [0.15, 0.2) is 0 Å². The molecule has 106 valence electrons. The van der Waals surface area contributed by atoms with E-state index in [1.54, 1.807) is 0 Å². The molecule has 1 N–H and O–H groups in total. The third kappa shape index (κ3) is 3.46. The van der Waals surface area contributed by atoms with E-state index in [1.165, 1.54) is 45.3 Å². The van der Waals surface area contributed by atoms with Crippen LogP contribution >= 0.6 is 0 Å². The van der Waals surface area contributed by atoms with Gasteiger partial charge < -0.3 is 15.1 Å². The quantitative estimate of drug-likeness (QED) is 0.822. The molecule has 2 aliphatic rings. The average Bonchev–Trinajstić information content (AvgIpc) is 2.74. The lowest BCUT2D eigenvalue weighted by molar-refractivity contribution is 0.114. The minimum atomic E-state index is 0.699. The third-order valence-corrected chi connectivity index (χ3v) is 5.05. The highest BCUT2D eigenvalue weighted by Crippen LogP contribution is 2.28. The summed E-state index contributed by atoms with van der Waals surface area (Å²) in [4.78, 5) is 5.11. The van der Waals surface area contributed by atoms with Gasteiger partial charge in [-0.25, -0.2) is 0 Å². The van der Waals surface area contributed by atoms with Gasteiger partial charge >= 0.3 is 0 Å². The maximum absolute atomic E-state index is 3.54. The van der Waals surface area contributed by atoms with Gasteiger partial charge in [0.25, 0.3) is 0 Å². The highest BCUT2D eigenvalue weighted by atomic mass is 15.2. The Hall–Kier alpha value is -0.120. The molecule has 2 rings (SSSR count). The van der Waals surface area contributed by atoms with Crippen LogP contribution in [0.1, 0.15) is 32.6 Å². The highest BCUT2D eigenvalue weighted by Gasteiger charge is 2.32. The lowest BCUT2D eigenvalue weighted by atomic mass is 9.82. The predicted molar refractivity (Wildman–Crippen MR) is 77.9 cm³/mol. The molecule has 1 heterocycles. The van der Waals surface area contributed by atoms with Crippen molar-refractivity contribution in [2.45, 2.75) is 44.7 Å². The van der Waals surface area contributed by atoms with E-state index >= 15 is 0 Å². The van der Waals surface area contributed by atoms with Crippen molar-refractivity contribution >= 4 is 0 Å². The van der Waals surface area contributed by atoms with E-state index in [0.29, 0.717) is 6.04 Å². The molecule has 3 heteroatoms. The van der Waals surface area contributed by atoms with Crippen molar-refractivity contribution in [1.29, 1.82) is 0 Å². The molecule has 0 aromatic heterocycles. The Balaban J connectivity index is 1.87. The summed E-state index contributed by atoms with van der Waals surface area (Å²) in [6.45, 7) is 6.27. The van der Waals surface area contributed by atoms with E-state index in [-0.39, 0.29) is 0 Å². The van der Waals surface area contributed by atoms with Gasteiger partial charge in [-0.15, -0.1) is 0 Å². The van der Waals surface area contributed by atoms with Gasteiger partial charge in [0.1, 0.15) is 0 Å². The molecular formula is C15H31N3. The fourth-order valence-electron chi connectivity index (χ4n) is 3.89. The zero-order chi connectivity index (χ0) is 13.1. The Morgan fingerprint density at radius 3 is 2.67 bits per heavy atom. The number of nitrogens with zero attached hydrogens (tertiary/aromatic N) is 2. The molecule has 0 aromatic carbocycles. The van der Waals surface area contributed by atoms with Gasteiger partial charge in [-0.05, 0) is 65.2 Å². The molecule has 1 saturated carbocycles. The van der Waals surface area contributed by atoms with Crippen molar-refractivity contribution in [3.05, 3.63) is 0 Å². The molecule has 1 saturated heterocycles. The minimum absolute atomic E-state index is 0.699. The van der Waals surface area contributed by atoms with Crippen LogP contribution in [0.4, 0.5) is 0 Å². The van der Waals surface area contributed by atoms with E-state index in [0.717, 1.165) is 17.9 Å². The van der Waals surface area contributed by atoms with Crippen LogP contribution in [0, 0.1) is 11.8 Å². The van der Waals surface area contributed by atoms with E-state index in [4.69, 9.17) is 0 Å². The van der Waals surface area contributed by atoms with Gasteiger partial charge in [0.2, 0.25) is 0 Å². The summed E-state index contributed by atoms with van der Waals surface area (Å²) < 4.78 is 0. The molecule has 1 aliphatic heterocycles. The largest absolute Gasteiger partial charge is 0.315 e. The molecule has 4 unspecified atom stereocenters. The first-order valence-electron chi connectivity index (χ1n) is 7.66. The standard InChI is InChI=1S/C15H31N3/c1-12-5-6-14(16-2)15(9-12)18(4)11-13-7-8-17(3)10-13/h12-16H,5-11H2,1-4H3. The van der Waals surface area contributed by atoms with E-state index in [1.807, 2.05) is 0 Å². The highest BCUT2D eigenvalue weighted by molar-refractivity contribution is 4.90. The average molecular weight is 253 g/mol. The molecule has 3 nitrogen and oxygen atoms in total. The normalized spacial score (nSPS) is 38.5. The van der Waals surface area contributed by atoms with Crippen LogP contribution in [0.3, 0.4) is 0 Å². The maximum atomic E-state index is 3.54. The van der Waals surface area contributed by atoms with Crippen molar-refractivity contribution in [3.63, 3.8) is 0 Å². The molecule has 4 atom stereocenters. The second kappa shape index (κ2) is 6.36. The van der Waals surface area contributed by atoms with Gasteiger partial charge in [-0.2, -0.15) is 0 Å². The molecule has 0 amide bonds. The molecule has 0 aromatic rings. The topological polar surface area (TPSA) is 18.5 Å². The Labute approximate surface area is 113 Å². The number of likely N-dealkylation sites (N-methyl/N-ethyl adjacent to an activating group) is 2. The van der Waals surface area contributed by atoms with Crippen molar-refractivity contribution in [3.8, 4) is 0 Å². The number of hydrogen-bond donors (Lipinski definition) is 1. The van der Waals surface area contributed by atoms with Crippen molar-refractivity contribution in [2.24, 2.45) is 11.8 Å². The van der Waals surface area contributed by atoms with E-state index < -0.39 is 0 Å². The predicted octanol–water partition coefficient (Wildman–Crippen LogP) is 1.65. The summed E-state index contributed by atoms with van der Waals surface area (Å²) >= 11 is 0. The smallest absolute Gasteiger partial charge is 0.0248 e. The van der Waals surface area contributed by atoms with Gasteiger partial charge in [0.05, 0.1) is 0 Å². The first-order chi connectivity index (χ1) is 8.60. The zero-order valence-electron chi connectivity index (χ0n) is 12.7. The second-order valence-electron chi connectivity index (χ2n) is 6.74. The SMILES string of the molecule is CNC1CCC(C)CC1N(C)CC1CCN(C)C1. The molecule has 2 fully saturated rings. The van der Waals surface area contributed by atoms with Crippen LogP contribution in [-0.4, -0.2) is 62.7 Å². The summed E-state index contributed by atoms with van der Waals surface area (Å²) in [6, 6.07) is 1.44. The lowest BCUT2D eigenvalue weighted by Crippen LogP contribution is -2.52. The van der Waals surface area contributed by atoms with Crippen LogP contribution in [0.25, 0.3) is 0 Å². The van der Waals surface area contributed by atoms with Crippen molar-refractivity contribution in [1.82, 2.24) is 15.1 Å². The van der Waals surface area contributed by atoms with Crippen LogP contribution in [-0.2, 0) is 0 Å². The first kappa shape index (κ1) is 14.3. The fourth-order valence-corrected chi connectivity index (χ4v) is 3.89. The Kier molecular flexibility index (Phi) is 5.05. The summed E-state index contributed by atoms with van der Waals surface area (Å²) in [6.07, 6.45) is 5.48. The summed E-state index contributed by atoms with van der Waals surface area (Å²) in [5, 5.41) is 3.54. The van der Waals surface area contributed by atoms with Crippen LogP contribution in [0.5, 0.6) is 0 Å². The Bertz CT molecular complexity index is 256. The first-order valence-corrected chi connectivity index (χ1v) is 7.66. The maximum Gasteiger partial charge on any atom is 0.0248 e. The second-order valence-corrected chi connectivity index (χ2v) is 6.74. The number of nitrogens with one attached hydrogen (secondary N) is 1. The van der Waals surface area contributed by atoms with Crippen LogP contribution in [0.15, 0.2) is 0 Å². The molecular weight excluding hydrogens is 222 g/mol. The molecule has 0 spiro atoms. The van der Waals surface area contributed by atoms with E-state index in [9.17, 15) is 0 Å². The molecule has 0 radical (unpaired) electrons. The fraction of sp³-hybridized carbons (Fsp3) is 1.00. The third-order valence-electron chi connectivity index (χ3n) is 5.05. The summed E-state index contributed by atoms with van der Waals surface area (Å²) in [5.41, 5.74) is 0. The van der Waals surface area contributed by atoms with Gasteiger partial charge in [-0.3, -0.25) is 0 Å². The zero-order valence-corrected chi connectivity index (χ0v) is 12.7. The van der Waals surface area contributed by atoms with Crippen LogP contribution < -0.4 is 5.32 Å². The number of hydrogen-bond acceptors (Lipinski definition) is 3. The number of rotatable bonds is 4. The summed E-state index contributed by atoms with van der Waals surface area (Å²) in [7, 11) is 6.72. The van der Waals surface area contributed by atoms with Gasteiger partial charge in [0, 0.05) is 25.2 Å². The number of likely N-dealkylation sites (tertiary alicyclic amines) is 1. The minimum Gasteiger partial charge on any atom is -0.315 e. The summed E-state index contributed by atoms with van der Waals surface area (Å²) in [5.74, 6) is 1.78. The van der Waals surface area contributed by atoms with Crippen molar-refractivity contribution < 1.29 is 0 Å². The molecule has 0 bridgehead atoms. The van der Waals surface area contributed by atoms with Crippen LogP contribution in [0.2, 0.25) is 0 Å². The Morgan fingerprint density at radius 2 is 2.06 bits per heavy atom. The monoisotopic (exact) mass is 253 g/mol. The molecule has 18 heavy (non-hydrogen) atoms. The molecule has 1 aliphatic carbocycles. The van der Waals surface area contributed by atoms with E-state index in [2.05, 4.69) is 43.2 Å². The Morgan fingerprint density at radius 1 is 1.28 bits per heavy atom. The van der Waals surface area contributed by atoms with Crippen molar-refractivity contribution in [2.75, 3.05) is 40.8 Å². The lowest BCUT2D eigenvalue weighted by Gasteiger charge is -2.41.